The fourth-order valence-corrected chi connectivity index (χ4v) is 2.18. The van der Waals surface area contributed by atoms with Gasteiger partial charge in [-0.25, -0.2) is 0 Å². The third-order valence-electron chi connectivity index (χ3n) is 3.27. The van der Waals surface area contributed by atoms with Crippen LogP contribution in [0, 0.1) is 0 Å². The molecule has 0 aromatic heterocycles. The lowest BCUT2D eigenvalue weighted by molar-refractivity contribution is -0.119. The first-order valence-corrected chi connectivity index (χ1v) is 6.80. The Bertz CT molecular complexity index is 484. The van der Waals surface area contributed by atoms with E-state index < -0.39 is 0 Å². The molecule has 1 aromatic carbocycles. The van der Waals surface area contributed by atoms with Crippen LogP contribution in [-0.2, 0) is 16.1 Å². The molecule has 5 nitrogen and oxygen atoms in total. The van der Waals surface area contributed by atoms with E-state index in [2.05, 4.69) is 5.32 Å². The van der Waals surface area contributed by atoms with Crippen LogP contribution in [0.4, 0.5) is 0 Å². The number of morpholine rings is 1. The first kappa shape index (κ1) is 14.5. The molecule has 1 N–H and O–H groups in total. The molecule has 5 heteroatoms. The number of rotatable bonds is 3. The molecule has 1 heterocycles. The quantitative estimate of drug-likeness (QED) is 0.902. The first-order chi connectivity index (χ1) is 9.56. The van der Waals surface area contributed by atoms with Crippen molar-refractivity contribution in [2.24, 2.45) is 0 Å². The molecule has 1 fully saturated rings. The molecule has 1 saturated heterocycles. The van der Waals surface area contributed by atoms with Crippen LogP contribution in [0.1, 0.15) is 29.8 Å². The Morgan fingerprint density at radius 2 is 2.05 bits per heavy atom. The maximum atomic E-state index is 12.3. The van der Waals surface area contributed by atoms with Crippen LogP contribution in [0.25, 0.3) is 0 Å². The number of nitrogens with zero attached hydrogens (tertiary/aromatic N) is 1. The van der Waals surface area contributed by atoms with Gasteiger partial charge in [0, 0.05) is 32.1 Å². The Morgan fingerprint density at radius 1 is 1.35 bits per heavy atom. The molecule has 0 bridgehead atoms. The van der Waals surface area contributed by atoms with E-state index in [1.54, 1.807) is 12.1 Å². The van der Waals surface area contributed by atoms with Gasteiger partial charge in [-0.2, -0.15) is 0 Å². The number of nitrogens with one attached hydrogen (secondary N) is 1. The third kappa shape index (κ3) is 3.81. The minimum atomic E-state index is -0.0625. The van der Waals surface area contributed by atoms with E-state index in [1.807, 2.05) is 24.0 Å². The minimum Gasteiger partial charge on any atom is -0.375 e. The maximum Gasteiger partial charge on any atom is 0.254 e. The summed E-state index contributed by atoms with van der Waals surface area (Å²) in [7, 11) is 0. The van der Waals surface area contributed by atoms with Crippen molar-refractivity contribution in [1.29, 1.82) is 0 Å². The Balaban J connectivity index is 1.98. The zero-order valence-electron chi connectivity index (χ0n) is 11.9. The Kier molecular flexibility index (Phi) is 4.74. The van der Waals surface area contributed by atoms with Gasteiger partial charge in [0.15, 0.2) is 0 Å². The number of benzene rings is 1. The average Bonchev–Trinajstić information content (AvgIpc) is 2.45. The summed E-state index contributed by atoms with van der Waals surface area (Å²) in [5, 5.41) is 2.73. The number of carbonyl (C=O) groups is 2. The average molecular weight is 276 g/mol. The number of carbonyl (C=O) groups excluding carboxylic acids is 2. The largest absolute Gasteiger partial charge is 0.375 e. The molecule has 1 aromatic rings. The van der Waals surface area contributed by atoms with E-state index in [1.165, 1.54) is 6.92 Å². The molecule has 2 amide bonds. The van der Waals surface area contributed by atoms with Crippen LogP contribution in [0.15, 0.2) is 24.3 Å². The Labute approximate surface area is 118 Å². The summed E-state index contributed by atoms with van der Waals surface area (Å²) in [5.41, 5.74) is 1.65. The highest BCUT2D eigenvalue weighted by Gasteiger charge is 2.22. The van der Waals surface area contributed by atoms with Crippen LogP contribution in [-0.4, -0.2) is 42.5 Å². The highest BCUT2D eigenvalue weighted by Crippen LogP contribution is 2.11. The van der Waals surface area contributed by atoms with Gasteiger partial charge in [0.05, 0.1) is 12.7 Å². The van der Waals surface area contributed by atoms with Gasteiger partial charge in [-0.3, -0.25) is 9.59 Å². The minimum absolute atomic E-state index is 0.0335. The van der Waals surface area contributed by atoms with Gasteiger partial charge in [-0.1, -0.05) is 12.1 Å². The summed E-state index contributed by atoms with van der Waals surface area (Å²) in [6.07, 6.45) is 0.0896. The summed E-state index contributed by atoms with van der Waals surface area (Å²) in [4.78, 5) is 25.0. The summed E-state index contributed by atoms with van der Waals surface area (Å²) >= 11 is 0. The molecule has 0 saturated carbocycles. The molecule has 1 aliphatic heterocycles. The van der Waals surface area contributed by atoms with Gasteiger partial charge < -0.3 is 15.0 Å². The summed E-state index contributed by atoms with van der Waals surface area (Å²) < 4.78 is 5.43. The molecule has 108 valence electrons. The molecular formula is C15H20N2O3. The second kappa shape index (κ2) is 6.52. The molecule has 1 aliphatic rings. The fourth-order valence-electron chi connectivity index (χ4n) is 2.18. The van der Waals surface area contributed by atoms with Crippen molar-refractivity contribution in [3.8, 4) is 0 Å². The lowest BCUT2D eigenvalue weighted by Crippen LogP contribution is -2.44. The molecule has 0 spiro atoms. The van der Waals surface area contributed by atoms with Crippen LogP contribution >= 0.6 is 0 Å². The Hall–Kier alpha value is -1.88. The van der Waals surface area contributed by atoms with Gasteiger partial charge >= 0.3 is 0 Å². The normalized spacial score (nSPS) is 18.7. The zero-order chi connectivity index (χ0) is 14.5. The molecule has 0 radical (unpaired) electrons. The highest BCUT2D eigenvalue weighted by molar-refractivity contribution is 5.94. The Morgan fingerprint density at radius 3 is 2.65 bits per heavy atom. The van der Waals surface area contributed by atoms with E-state index in [9.17, 15) is 9.59 Å². The lowest BCUT2D eigenvalue weighted by atomic mass is 10.1. The monoisotopic (exact) mass is 276 g/mol. The standard InChI is InChI=1S/C15H20N2O3/c1-11-10-17(7-8-20-11)15(19)14-5-3-13(4-6-14)9-16-12(2)18/h3-6,11H,7-10H2,1-2H3,(H,16,18). The summed E-state index contributed by atoms with van der Waals surface area (Å²) in [6, 6.07) is 7.35. The smallest absolute Gasteiger partial charge is 0.254 e. The van der Waals surface area contributed by atoms with Crippen molar-refractivity contribution in [1.82, 2.24) is 10.2 Å². The predicted octanol–water partition coefficient (Wildman–Crippen LogP) is 1.18. The van der Waals surface area contributed by atoms with E-state index in [0.717, 1.165) is 5.56 Å². The highest BCUT2D eigenvalue weighted by atomic mass is 16.5. The van der Waals surface area contributed by atoms with Crippen LogP contribution in [0.3, 0.4) is 0 Å². The van der Waals surface area contributed by atoms with Gasteiger partial charge in [-0.15, -0.1) is 0 Å². The molecule has 1 unspecified atom stereocenters. The zero-order valence-corrected chi connectivity index (χ0v) is 11.9. The molecule has 0 aliphatic carbocycles. The maximum absolute atomic E-state index is 12.3. The number of hydrogen-bond acceptors (Lipinski definition) is 3. The molecule has 20 heavy (non-hydrogen) atoms. The summed E-state index contributed by atoms with van der Waals surface area (Å²) in [6.45, 7) is 5.79. The van der Waals surface area contributed by atoms with Crippen molar-refractivity contribution in [3.05, 3.63) is 35.4 Å². The van der Waals surface area contributed by atoms with Gasteiger partial charge in [0.1, 0.15) is 0 Å². The first-order valence-electron chi connectivity index (χ1n) is 6.80. The van der Waals surface area contributed by atoms with Crippen LogP contribution < -0.4 is 5.32 Å². The molecule has 2 rings (SSSR count). The predicted molar refractivity (Wildman–Crippen MR) is 75.3 cm³/mol. The van der Waals surface area contributed by atoms with Crippen LogP contribution in [0.2, 0.25) is 0 Å². The fraction of sp³-hybridized carbons (Fsp3) is 0.467. The molecular weight excluding hydrogens is 256 g/mol. The van der Waals surface area contributed by atoms with Gasteiger partial charge in [0.2, 0.25) is 5.91 Å². The van der Waals surface area contributed by atoms with Crippen molar-refractivity contribution in [2.45, 2.75) is 26.5 Å². The van der Waals surface area contributed by atoms with Gasteiger partial charge in [-0.05, 0) is 24.6 Å². The summed E-state index contributed by atoms with van der Waals surface area (Å²) in [5.74, 6) is -0.0290. The lowest BCUT2D eigenvalue weighted by Gasteiger charge is -2.31. The molecule has 1 atom stereocenters. The number of amides is 2. The van der Waals surface area contributed by atoms with Crippen LogP contribution in [0.5, 0.6) is 0 Å². The second-order valence-electron chi connectivity index (χ2n) is 5.04. The second-order valence-corrected chi connectivity index (χ2v) is 5.04. The van der Waals surface area contributed by atoms with E-state index in [0.29, 0.717) is 31.8 Å². The van der Waals surface area contributed by atoms with Crippen molar-refractivity contribution >= 4 is 11.8 Å². The number of hydrogen-bond donors (Lipinski definition) is 1. The van der Waals surface area contributed by atoms with E-state index in [4.69, 9.17) is 4.74 Å². The SMILES string of the molecule is CC(=O)NCc1ccc(C(=O)N2CCOC(C)C2)cc1. The topological polar surface area (TPSA) is 58.6 Å². The number of ether oxygens (including phenoxy) is 1. The van der Waals surface area contributed by atoms with Crippen molar-refractivity contribution in [3.63, 3.8) is 0 Å². The van der Waals surface area contributed by atoms with Crippen molar-refractivity contribution in [2.75, 3.05) is 19.7 Å². The third-order valence-corrected chi connectivity index (χ3v) is 3.27. The van der Waals surface area contributed by atoms with E-state index in [-0.39, 0.29) is 17.9 Å². The van der Waals surface area contributed by atoms with Gasteiger partial charge in [0.25, 0.3) is 5.91 Å². The van der Waals surface area contributed by atoms with E-state index >= 15 is 0 Å². The van der Waals surface area contributed by atoms with Crippen molar-refractivity contribution < 1.29 is 14.3 Å².